The van der Waals surface area contributed by atoms with Crippen molar-refractivity contribution in [1.82, 2.24) is 0 Å². The Bertz CT molecular complexity index is 101. The van der Waals surface area contributed by atoms with Crippen molar-refractivity contribution in [2.75, 3.05) is 13.3 Å². The van der Waals surface area contributed by atoms with Crippen LogP contribution < -0.4 is 0 Å². The molecule has 0 amide bonds. The Hall–Kier alpha value is -0.200. The van der Waals surface area contributed by atoms with E-state index in [0.717, 1.165) is 4.91 Å². The maximum Gasteiger partial charge on any atom is 0.0423 e. The van der Waals surface area contributed by atoms with Gasteiger partial charge in [-0.15, -0.1) is 11.8 Å². The molecule has 0 N–H and O–H groups in total. The second-order valence-corrected chi connectivity index (χ2v) is 2.12. The van der Waals surface area contributed by atoms with Crippen molar-refractivity contribution in [2.45, 2.75) is 6.92 Å². The van der Waals surface area contributed by atoms with Gasteiger partial charge in [-0.05, 0) is 19.0 Å². The van der Waals surface area contributed by atoms with Crippen LogP contribution in [0.2, 0.25) is 0 Å². The Balaban J connectivity index is 3.74. The fourth-order valence-corrected chi connectivity index (χ4v) is 0.386. The minimum absolute atomic E-state index is 1.13. The summed E-state index contributed by atoms with van der Waals surface area (Å²) in [6.07, 6.45) is 2.01. The number of aliphatic imine (C=N–C) groups is 1. The van der Waals surface area contributed by atoms with Crippen molar-refractivity contribution in [3.8, 4) is 0 Å². The number of hydrogen-bond acceptors (Lipinski definition) is 2. The second kappa shape index (κ2) is 3.97. The lowest BCUT2D eigenvalue weighted by Gasteiger charge is -1.80. The summed E-state index contributed by atoms with van der Waals surface area (Å²) in [5, 5.41) is 0. The van der Waals surface area contributed by atoms with Gasteiger partial charge in [-0.3, -0.25) is 0 Å². The van der Waals surface area contributed by atoms with Crippen LogP contribution in [-0.4, -0.2) is 19.2 Å². The third-order valence-corrected chi connectivity index (χ3v) is 1.28. The molecular formula is C5H9NS. The summed E-state index contributed by atoms with van der Waals surface area (Å²) in [6.45, 7) is 1.98. The van der Waals surface area contributed by atoms with E-state index in [4.69, 9.17) is 0 Å². The van der Waals surface area contributed by atoms with Gasteiger partial charge in [0.2, 0.25) is 0 Å². The first-order valence-corrected chi connectivity index (χ1v) is 3.26. The van der Waals surface area contributed by atoms with Gasteiger partial charge in [-0.1, -0.05) is 0 Å². The van der Waals surface area contributed by atoms with Crippen molar-refractivity contribution >= 4 is 17.6 Å². The maximum atomic E-state index is 3.70. The van der Waals surface area contributed by atoms with Crippen LogP contribution in [0.15, 0.2) is 9.90 Å². The van der Waals surface area contributed by atoms with Crippen molar-refractivity contribution in [3.63, 3.8) is 0 Å². The predicted molar refractivity (Wildman–Crippen MR) is 36.1 cm³/mol. The zero-order chi connectivity index (χ0) is 5.70. The highest BCUT2D eigenvalue weighted by molar-refractivity contribution is 8.02. The first kappa shape index (κ1) is 6.80. The minimum Gasteiger partial charge on any atom is -0.246 e. The van der Waals surface area contributed by atoms with Crippen molar-refractivity contribution in [3.05, 3.63) is 4.91 Å². The quantitative estimate of drug-likeness (QED) is 0.472. The molecule has 0 aromatic carbocycles. The van der Waals surface area contributed by atoms with E-state index in [1.807, 2.05) is 13.2 Å². The Kier molecular flexibility index (Phi) is 3.86. The molecule has 0 saturated carbocycles. The van der Waals surface area contributed by atoms with E-state index >= 15 is 0 Å². The van der Waals surface area contributed by atoms with E-state index in [-0.39, 0.29) is 0 Å². The summed E-state index contributed by atoms with van der Waals surface area (Å²) in [7, 11) is 1.72. The van der Waals surface area contributed by atoms with Crippen LogP contribution in [0.1, 0.15) is 6.92 Å². The highest BCUT2D eigenvalue weighted by atomic mass is 32.2. The molecule has 0 bridgehead atoms. The molecule has 7 heavy (non-hydrogen) atoms. The molecule has 0 atom stereocenters. The average Bonchev–Trinajstić information content (AvgIpc) is 1.68. The van der Waals surface area contributed by atoms with Gasteiger partial charge in [-0.2, -0.15) is 0 Å². The first-order valence-electron chi connectivity index (χ1n) is 2.03. The van der Waals surface area contributed by atoms with E-state index in [2.05, 4.69) is 10.9 Å². The van der Waals surface area contributed by atoms with Gasteiger partial charge in [0.1, 0.15) is 0 Å². The van der Waals surface area contributed by atoms with Crippen LogP contribution in [0.4, 0.5) is 0 Å². The van der Waals surface area contributed by atoms with Gasteiger partial charge in [0.25, 0.3) is 0 Å². The molecule has 0 unspecified atom stereocenters. The molecule has 0 aromatic heterocycles. The molecule has 0 aliphatic carbocycles. The Morgan fingerprint density at radius 2 is 2.29 bits per heavy atom. The molecule has 2 heteroatoms. The van der Waals surface area contributed by atoms with Crippen LogP contribution >= 0.6 is 11.8 Å². The fraction of sp³-hybridized carbons (Fsp3) is 0.600. The third kappa shape index (κ3) is 3.64. The Labute approximate surface area is 48.5 Å². The lowest BCUT2D eigenvalue weighted by atomic mass is 10.7. The predicted octanol–water partition coefficient (Wildman–Crippen LogP) is 1.55. The van der Waals surface area contributed by atoms with Gasteiger partial charge in [0, 0.05) is 12.0 Å². The number of allylic oxidation sites excluding steroid dienone is 1. The zero-order valence-corrected chi connectivity index (χ0v) is 5.67. The molecule has 0 radical (unpaired) electrons. The van der Waals surface area contributed by atoms with Crippen molar-refractivity contribution in [2.24, 2.45) is 4.99 Å². The lowest BCUT2D eigenvalue weighted by Crippen LogP contribution is -1.62. The highest BCUT2D eigenvalue weighted by Gasteiger charge is 1.74. The Morgan fingerprint density at radius 1 is 1.71 bits per heavy atom. The monoisotopic (exact) mass is 115 g/mol. The van der Waals surface area contributed by atoms with Crippen LogP contribution in [-0.2, 0) is 0 Å². The number of thioether (sulfide) groups is 1. The fourth-order valence-electron chi connectivity index (χ4n) is 0.203. The SMILES string of the molecule is CN=C=C(C)SC. The summed E-state index contributed by atoms with van der Waals surface area (Å²) in [5.74, 6) is 2.80. The first-order chi connectivity index (χ1) is 3.31. The lowest BCUT2D eigenvalue weighted by molar-refractivity contribution is 1.48. The molecule has 0 heterocycles. The molecule has 0 aliphatic heterocycles. The smallest absolute Gasteiger partial charge is 0.0423 e. The summed E-state index contributed by atoms with van der Waals surface area (Å²) >= 11 is 1.66. The summed E-state index contributed by atoms with van der Waals surface area (Å²) in [6, 6.07) is 0. The standard InChI is InChI=1S/C5H9NS/c1-5(7-3)4-6-2/h1-3H3. The van der Waals surface area contributed by atoms with E-state index in [1.54, 1.807) is 18.8 Å². The van der Waals surface area contributed by atoms with Crippen LogP contribution in [0, 0.1) is 0 Å². The van der Waals surface area contributed by atoms with E-state index in [1.165, 1.54) is 0 Å². The average molecular weight is 115 g/mol. The van der Waals surface area contributed by atoms with Crippen molar-refractivity contribution < 1.29 is 0 Å². The molecule has 1 nitrogen and oxygen atoms in total. The number of rotatable bonds is 1. The molecule has 0 rings (SSSR count). The molecule has 40 valence electrons. The largest absolute Gasteiger partial charge is 0.246 e. The topological polar surface area (TPSA) is 12.4 Å². The Morgan fingerprint density at radius 3 is 2.43 bits per heavy atom. The van der Waals surface area contributed by atoms with E-state index in [9.17, 15) is 0 Å². The molecule has 0 saturated heterocycles. The number of nitrogens with zero attached hydrogens (tertiary/aromatic N) is 1. The van der Waals surface area contributed by atoms with Gasteiger partial charge in [0.15, 0.2) is 0 Å². The molecule has 0 spiro atoms. The minimum atomic E-state index is 1.13. The van der Waals surface area contributed by atoms with Crippen molar-refractivity contribution in [1.29, 1.82) is 0 Å². The van der Waals surface area contributed by atoms with Crippen LogP contribution in [0.5, 0.6) is 0 Å². The molecule has 0 aromatic rings. The van der Waals surface area contributed by atoms with Gasteiger partial charge in [0.05, 0.1) is 0 Å². The van der Waals surface area contributed by atoms with E-state index in [0.29, 0.717) is 0 Å². The third-order valence-electron chi connectivity index (χ3n) is 0.575. The summed E-state index contributed by atoms with van der Waals surface area (Å²) in [4.78, 5) is 4.83. The molecular weight excluding hydrogens is 106 g/mol. The molecule has 0 aliphatic rings. The van der Waals surface area contributed by atoms with Crippen LogP contribution in [0.3, 0.4) is 0 Å². The maximum absolute atomic E-state index is 3.70. The summed E-state index contributed by atoms with van der Waals surface area (Å²) in [5.41, 5.74) is 0. The van der Waals surface area contributed by atoms with E-state index < -0.39 is 0 Å². The van der Waals surface area contributed by atoms with Gasteiger partial charge in [-0.25, -0.2) is 4.99 Å². The zero-order valence-electron chi connectivity index (χ0n) is 4.86. The normalized spacial score (nSPS) is 7.29. The molecule has 0 fully saturated rings. The second-order valence-electron chi connectivity index (χ2n) is 1.10. The number of hydrogen-bond donors (Lipinski definition) is 0. The van der Waals surface area contributed by atoms with Gasteiger partial charge < -0.3 is 0 Å². The summed E-state index contributed by atoms with van der Waals surface area (Å²) < 4.78 is 0. The van der Waals surface area contributed by atoms with Crippen LogP contribution in [0.25, 0.3) is 0 Å². The van der Waals surface area contributed by atoms with Gasteiger partial charge >= 0.3 is 0 Å². The highest BCUT2D eigenvalue weighted by Crippen LogP contribution is 2.03.